The van der Waals surface area contributed by atoms with E-state index in [1.165, 1.54) is 6.07 Å². The summed E-state index contributed by atoms with van der Waals surface area (Å²) in [7, 11) is 0. The van der Waals surface area contributed by atoms with Crippen LogP contribution < -0.4 is 5.32 Å². The number of hydrogen-bond donors (Lipinski definition) is 1. The Kier molecular flexibility index (Phi) is 3.99. The van der Waals surface area contributed by atoms with E-state index < -0.39 is 11.7 Å². The van der Waals surface area contributed by atoms with Gasteiger partial charge in [0, 0.05) is 10.7 Å². The number of benzene rings is 1. The van der Waals surface area contributed by atoms with Crippen LogP contribution in [-0.2, 0) is 6.18 Å². The van der Waals surface area contributed by atoms with Crippen LogP contribution >= 0.6 is 11.6 Å². The third kappa shape index (κ3) is 3.48. The van der Waals surface area contributed by atoms with Crippen molar-refractivity contribution in [3.8, 4) is 0 Å². The summed E-state index contributed by atoms with van der Waals surface area (Å²) < 4.78 is 43.5. The van der Waals surface area contributed by atoms with Gasteiger partial charge < -0.3 is 9.73 Å². The number of alkyl halides is 3. The molecule has 0 radical (unpaired) electrons. The Morgan fingerprint density at radius 1 is 1.20 bits per heavy atom. The molecule has 6 heteroatoms. The number of aryl methyl sites for hydroxylation is 1. The molecule has 0 bridgehead atoms. The molecule has 0 aliphatic carbocycles. The number of halogens is 4. The average molecular weight is 304 g/mol. The standard InChI is InChI=1S/C14H13ClF3NO/c1-8-3-4-13(20-8)9(2)19-12-6-10(14(16,17)18)5-11(15)7-12/h3-7,9,19H,1-2H3. The molecule has 2 aromatic rings. The second kappa shape index (κ2) is 5.40. The molecule has 0 spiro atoms. The van der Waals surface area contributed by atoms with Crippen LogP contribution in [-0.4, -0.2) is 0 Å². The van der Waals surface area contributed by atoms with Crippen LogP contribution in [0.4, 0.5) is 18.9 Å². The maximum absolute atomic E-state index is 12.7. The summed E-state index contributed by atoms with van der Waals surface area (Å²) in [5, 5.41) is 2.98. The van der Waals surface area contributed by atoms with Crippen molar-refractivity contribution in [3.05, 3.63) is 52.4 Å². The van der Waals surface area contributed by atoms with Crippen LogP contribution in [0.3, 0.4) is 0 Å². The van der Waals surface area contributed by atoms with Crippen molar-refractivity contribution < 1.29 is 17.6 Å². The van der Waals surface area contributed by atoms with E-state index in [1.807, 2.05) is 0 Å². The van der Waals surface area contributed by atoms with Crippen molar-refractivity contribution in [2.75, 3.05) is 5.32 Å². The minimum atomic E-state index is -4.42. The van der Waals surface area contributed by atoms with Gasteiger partial charge in [0.25, 0.3) is 0 Å². The largest absolute Gasteiger partial charge is 0.464 e. The molecule has 0 aliphatic rings. The number of furan rings is 1. The summed E-state index contributed by atoms with van der Waals surface area (Å²) in [5.74, 6) is 1.40. The van der Waals surface area contributed by atoms with Crippen LogP contribution in [0.2, 0.25) is 5.02 Å². The summed E-state index contributed by atoms with van der Waals surface area (Å²) in [6, 6.07) is 6.69. The molecule has 1 N–H and O–H groups in total. The zero-order chi connectivity index (χ0) is 14.9. The maximum atomic E-state index is 12.7. The smallest absolute Gasteiger partial charge is 0.416 e. The van der Waals surface area contributed by atoms with Gasteiger partial charge in [-0.15, -0.1) is 0 Å². The summed E-state index contributed by atoms with van der Waals surface area (Å²) in [5.41, 5.74) is -0.485. The molecule has 0 fully saturated rings. The van der Waals surface area contributed by atoms with E-state index in [0.29, 0.717) is 11.4 Å². The molecule has 0 aliphatic heterocycles. The van der Waals surface area contributed by atoms with Crippen molar-refractivity contribution >= 4 is 17.3 Å². The molecular formula is C14H13ClF3NO. The van der Waals surface area contributed by atoms with Crippen LogP contribution in [0, 0.1) is 6.92 Å². The monoisotopic (exact) mass is 303 g/mol. The van der Waals surface area contributed by atoms with E-state index in [4.69, 9.17) is 16.0 Å². The van der Waals surface area contributed by atoms with Crippen LogP contribution in [0.1, 0.15) is 30.0 Å². The summed E-state index contributed by atoms with van der Waals surface area (Å²) >= 11 is 5.73. The lowest BCUT2D eigenvalue weighted by molar-refractivity contribution is -0.137. The van der Waals surface area contributed by atoms with Gasteiger partial charge in [-0.3, -0.25) is 0 Å². The van der Waals surface area contributed by atoms with Crippen molar-refractivity contribution in [1.82, 2.24) is 0 Å². The molecule has 0 saturated carbocycles. The van der Waals surface area contributed by atoms with Gasteiger partial charge in [0.15, 0.2) is 0 Å². The van der Waals surface area contributed by atoms with E-state index in [1.54, 1.807) is 26.0 Å². The quantitative estimate of drug-likeness (QED) is 0.817. The molecule has 1 aromatic carbocycles. The van der Waals surface area contributed by atoms with Crippen LogP contribution in [0.25, 0.3) is 0 Å². The fourth-order valence-electron chi connectivity index (χ4n) is 1.84. The summed E-state index contributed by atoms with van der Waals surface area (Å²) in [4.78, 5) is 0. The lowest BCUT2D eigenvalue weighted by Crippen LogP contribution is -2.09. The highest BCUT2D eigenvalue weighted by Gasteiger charge is 2.31. The first-order valence-electron chi connectivity index (χ1n) is 5.96. The lowest BCUT2D eigenvalue weighted by atomic mass is 10.1. The van der Waals surface area contributed by atoms with E-state index in [0.717, 1.165) is 17.9 Å². The molecule has 1 unspecified atom stereocenters. The third-order valence-electron chi connectivity index (χ3n) is 2.80. The zero-order valence-electron chi connectivity index (χ0n) is 10.9. The predicted molar refractivity (Wildman–Crippen MR) is 71.9 cm³/mol. The van der Waals surface area contributed by atoms with E-state index in [-0.39, 0.29) is 11.1 Å². The summed E-state index contributed by atoms with van der Waals surface area (Å²) in [6.07, 6.45) is -4.42. The second-order valence-electron chi connectivity index (χ2n) is 4.54. The molecular weight excluding hydrogens is 291 g/mol. The Hall–Kier alpha value is -1.62. The normalized spacial score (nSPS) is 13.3. The van der Waals surface area contributed by atoms with Gasteiger partial charge in [-0.1, -0.05) is 11.6 Å². The fourth-order valence-corrected chi connectivity index (χ4v) is 2.08. The molecule has 2 nitrogen and oxygen atoms in total. The Bertz CT molecular complexity index is 607. The number of rotatable bonds is 3. The molecule has 2 rings (SSSR count). The Balaban J connectivity index is 2.23. The highest BCUT2D eigenvalue weighted by atomic mass is 35.5. The zero-order valence-corrected chi connectivity index (χ0v) is 11.6. The van der Waals surface area contributed by atoms with Gasteiger partial charge in [0.2, 0.25) is 0 Å². The average Bonchev–Trinajstić information content (AvgIpc) is 2.74. The first kappa shape index (κ1) is 14.8. The minimum absolute atomic E-state index is 0.0325. The van der Waals surface area contributed by atoms with Gasteiger partial charge in [0.1, 0.15) is 11.5 Å². The molecule has 108 valence electrons. The SMILES string of the molecule is Cc1ccc(C(C)Nc2cc(Cl)cc(C(F)(F)F)c2)o1. The van der Waals surface area contributed by atoms with Gasteiger partial charge in [-0.25, -0.2) is 0 Å². The van der Waals surface area contributed by atoms with Crippen LogP contribution in [0.5, 0.6) is 0 Å². The molecule has 0 saturated heterocycles. The minimum Gasteiger partial charge on any atom is -0.464 e. The Morgan fingerprint density at radius 2 is 1.90 bits per heavy atom. The second-order valence-corrected chi connectivity index (χ2v) is 4.98. The molecule has 1 atom stereocenters. The van der Waals surface area contributed by atoms with Gasteiger partial charge in [0.05, 0.1) is 11.6 Å². The lowest BCUT2D eigenvalue weighted by Gasteiger charge is -2.15. The predicted octanol–water partition coefficient (Wildman–Crippen LogP) is 5.43. The molecule has 20 heavy (non-hydrogen) atoms. The van der Waals surface area contributed by atoms with Gasteiger partial charge in [-0.2, -0.15) is 13.2 Å². The Morgan fingerprint density at radius 3 is 2.45 bits per heavy atom. The first-order chi connectivity index (χ1) is 9.25. The summed E-state index contributed by atoms with van der Waals surface area (Å²) in [6.45, 7) is 3.60. The Labute approximate surface area is 119 Å². The maximum Gasteiger partial charge on any atom is 0.416 e. The highest BCUT2D eigenvalue weighted by molar-refractivity contribution is 6.30. The number of anilines is 1. The number of hydrogen-bond acceptors (Lipinski definition) is 2. The molecule has 0 amide bonds. The van der Waals surface area contributed by atoms with Crippen molar-refractivity contribution in [3.63, 3.8) is 0 Å². The topological polar surface area (TPSA) is 25.2 Å². The van der Waals surface area contributed by atoms with Crippen molar-refractivity contribution in [2.45, 2.75) is 26.1 Å². The van der Waals surface area contributed by atoms with E-state index in [9.17, 15) is 13.2 Å². The van der Waals surface area contributed by atoms with Crippen molar-refractivity contribution in [1.29, 1.82) is 0 Å². The van der Waals surface area contributed by atoms with Gasteiger partial charge >= 0.3 is 6.18 Å². The fraction of sp³-hybridized carbons (Fsp3) is 0.286. The molecule has 1 heterocycles. The van der Waals surface area contributed by atoms with Crippen LogP contribution in [0.15, 0.2) is 34.7 Å². The highest BCUT2D eigenvalue weighted by Crippen LogP contribution is 2.34. The molecule has 1 aromatic heterocycles. The van der Waals surface area contributed by atoms with E-state index >= 15 is 0 Å². The van der Waals surface area contributed by atoms with E-state index in [2.05, 4.69) is 5.32 Å². The first-order valence-corrected chi connectivity index (χ1v) is 6.34. The van der Waals surface area contributed by atoms with Gasteiger partial charge in [-0.05, 0) is 44.2 Å². The number of nitrogens with one attached hydrogen (secondary N) is 1. The third-order valence-corrected chi connectivity index (χ3v) is 3.01. The van der Waals surface area contributed by atoms with Crippen molar-refractivity contribution in [2.24, 2.45) is 0 Å².